The van der Waals surface area contributed by atoms with Gasteiger partial charge in [-0.05, 0) is 19.3 Å². The number of rotatable bonds is 2. The van der Waals surface area contributed by atoms with E-state index in [0.717, 1.165) is 19.0 Å². The molecule has 1 unspecified atom stereocenters. The predicted molar refractivity (Wildman–Crippen MR) is 56.1 cm³/mol. The van der Waals surface area contributed by atoms with Gasteiger partial charge in [0.25, 0.3) is 0 Å². The van der Waals surface area contributed by atoms with Crippen LogP contribution in [0.1, 0.15) is 39.0 Å². The molecular formula is C11H20N2O. The summed E-state index contributed by atoms with van der Waals surface area (Å²) in [6.07, 6.45) is 6.66. The highest BCUT2D eigenvalue weighted by atomic mass is 16.1. The normalized spacial score (nSPS) is 29.6. The predicted octanol–water partition coefficient (Wildman–Crippen LogP) is 1.14. The van der Waals surface area contributed by atoms with E-state index in [1.807, 2.05) is 0 Å². The number of hydrogen-bond acceptors (Lipinski definition) is 2. The van der Waals surface area contributed by atoms with Gasteiger partial charge < -0.3 is 5.32 Å². The third-order valence-corrected chi connectivity index (χ3v) is 3.47. The number of likely N-dealkylation sites (tertiary alicyclic amines) is 1. The highest BCUT2D eigenvalue weighted by Gasteiger charge is 2.29. The zero-order valence-electron chi connectivity index (χ0n) is 8.96. The Bertz CT molecular complexity index is 211. The van der Waals surface area contributed by atoms with Crippen molar-refractivity contribution in [3.8, 4) is 0 Å². The molecule has 1 N–H and O–H groups in total. The lowest BCUT2D eigenvalue weighted by Gasteiger charge is -2.23. The molecule has 1 aliphatic heterocycles. The van der Waals surface area contributed by atoms with E-state index in [2.05, 4.69) is 10.2 Å². The van der Waals surface area contributed by atoms with Crippen LogP contribution in [0.25, 0.3) is 0 Å². The highest BCUT2D eigenvalue weighted by Crippen LogP contribution is 2.26. The van der Waals surface area contributed by atoms with Crippen molar-refractivity contribution in [3.63, 3.8) is 0 Å². The molecule has 0 aromatic rings. The molecule has 0 radical (unpaired) electrons. The SMILES string of the molecule is CC(=O)NC1CCN(C2CCCC2)C1. The molecule has 2 rings (SSSR count). The zero-order valence-corrected chi connectivity index (χ0v) is 8.96. The second-order valence-corrected chi connectivity index (χ2v) is 4.62. The van der Waals surface area contributed by atoms with Gasteiger partial charge in [0, 0.05) is 32.1 Å². The molecule has 1 amide bonds. The molecule has 1 saturated carbocycles. The van der Waals surface area contributed by atoms with Gasteiger partial charge in [-0.25, -0.2) is 0 Å². The largest absolute Gasteiger partial charge is 0.352 e. The van der Waals surface area contributed by atoms with Gasteiger partial charge in [0.1, 0.15) is 0 Å². The standard InChI is InChI=1S/C11H20N2O/c1-9(14)12-10-6-7-13(8-10)11-4-2-3-5-11/h10-11H,2-8H2,1H3,(H,12,14). The Kier molecular flexibility index (Phi) is 3.06. The lowest BCUT2D eigenvalue weighted by atomic mass is 10.2. The molecule has 3 nitrogen and oxygen atoms in total. The molecule has 14 heavy (non-hydrogen) atoms. The molecule has 3 heteroatoms. The van der Waals surface area contributed by atoms with Crippen molar-refractivity contribution in [2.75, 3.05) is 13.1 Å². The second kappa shape index (κ2) is 4.30. The summed E-state index contributed by atoms with van der Waals surface area (Å²) in [5.74, 6) is 0.114. The van der Waals surface area contributed by atoms with Gasteiger partial charge in [0.15, 0.2) is 0 Å². The lowest BCUT2D eigenvalue weighted by molar-refractivity contribution is -0.119. The Morgan fingerprint density at radius 3 is 2.64 bits per heavy atom. The van der Waals surface area contributed by atoms with Crippen LogP contribution in [0.3, 0.4) is 0 Å². The van der Waals surface area contributed by atoms with Crippen LogP contribution >= 0.6 is 0 Å². The Balaban J connectivity index is 1.78. The molecular weight excluding hydrogens is 176 g/mol. The molecule has 1 aliphatic carbocycles. The average molecular weight is 196 g/mol. The molecule has 0 aromatic heterocycles. The van der Waals surface area contributed by atoms with E-state index >= 15 is 0 Å². The van der Waals surface area contributed by atoms with Gasteiger partial charge in [-0.2, -0.15) is 0 Å². The number of carbonyl (C=O) groups excluding carboxylic acids is 1. The third-order valence-electron chi connectivity index (χ3n) is 3.47. The van der Waals surface area contributed by atoms with E-state index in [1.165, 1.54) is 32.2 Å². The molecule has 2 fully saturated rings. The summed E-state index contributed by atoms with van der Waals surface area (Å²) in [7, 11) is 0. The van der Waals surface area contributed by atoms with Gasteiger partial charge in [0.05, 0.1) is 0 Å². The van der Waals surface area contributed by atoms with E-state index in [4.69, 9.17) is 0 Å². The fourth-order valence-corrected chi connectivity index (χ4v) is 2.79. The van der Waals surface area contributed by atoms with Gasteiger partial charge in [0.2, 0.25) is 5.91 Å². The topological polar surface area (TPSA) is 32.3 Å². The fourth-order valence-electron chi connectivity index (χ4n) is 2.79. The molecule has 1 atom stereocenters. The first-order chi connectivity index (χ1) is 6.75. The summed E-state index contributed by atoms with van der Waals surface area (Å²) < 4.78 is 0. The van der Waals surface area contributed by atoms with Crippen LogP contribution in [0.15, 0.2) is 0 Å². The number of nitrogens with zero attached hydrogens (tertiary/aromatic N) is 1. The van der Waals surface area contributed by atoms with Gasteiger partial charge in [-0.3, -0.25) is 9.69 Å². The molecule has 80 valence electrons. The van der Waals surface area contributed by atoms with Crippen LogP contribution in [0, 0.1) is 0 Å². The van der Waals surface area contributed by atoms with E-state index in [0.29, 0.717) is 6.04 Å². The van der Waals surface area contributed by atoms with Crippen LogP contribution in [0.2, 0.25) is 0 Å². The minimum Gasteiger partial charge on any atom is -0.352 e. The summed E-state index contributed by atoms with van der Waals surface area (Å²) in [6.45, 7) is 3.86. The van der Waals surface area contributed by atoms with Crippen LogP contribution in [0.5, 0.6) is 0 Å². The minimum atomic E-state index is 0.114. The smallest absolute Gasteiger partial charge is 0.217 e. The maximum absolute atomic E-state index is 10.9. The quantitative estimate of drug-likeness (QED) is 0.718. The Hall–Kier alpha value is -0.570. The summed E-state index contributed by atoms with van der Waals surface area (Å²) in [4.78, 5) is 13.5. The second-order valence-electron chi connectivity index (χ2n) is 4.62. The van der Waals surface area contributed by atoms with Crippen molar-refractivity contribution in [1.29, 1.82) is 0 Å². The van der Waals surface area contributed by atoms with E-state index in [9.17, 15) is 4.79 Å². The first-order valence-corrected chi connectivity index (χ1v) is 5.77. The Morgan fingerprint density at radius 1 is 1.29 bits per heavy atom. The lowest BCUT2D eigenvalue weighted by Crippen LogP contribution is -2.38. The molecule has 0 spiro atoms. The average Bonchev–Trinajstić information content (AvgIpc) is 2.69. The maximum Gasteiger partial charge on any atom is 0.217 e. The van der Waals surface area contributed by atoms with Crippen LogP contribution in [0.4, 0.5) is 0 Å². The number of carbonyl (C=O) groups is 1. The van der Waals surface area contributed by atoms with E-state index in [-0.39, 0.29) is 5.91 Å². The van der Waals surface area contributed by atoms with Crippen LogP contribution in [-0.4, -0.2) is 36.0 Å². The summed E-state index contributed by atoms with van der Waals surface area (Å²) in [6, 6.07) is 1.22. The number of amides is 1. The van der Waals surface area contributed by atoms with Gasteiger partial charge in [-0.1, -0.05) is 12.8 Å². The fraction of sp³-hybridized carbons (Fsp3) is 0.909. The van der Waals surface area contributed by atoms with Crippen molar-refractivity contribution in [2.24, 2.45) is 0 Å². The van der Waals surface area contributed by atoms with Crippen molar-refractivity contribution in [3.05, 3.63) is 0 Å². The molecule has 0 bridgehead atoms. The summed E-state index contributed by atoms with van der Waals surface area (Å²) in [5.41, 5.74) is 0. The monoisotopic (exact) mass is 196 g/mol. The van der Waals surface area contributed by atoms with E-state index in [1.54, 1.807) is 6.92 Å². The first kappa shape index (κ1) is 9.97. The summed E-state index contributed by atoms with van der Waals surface area (Å²) in [5, 5.41) is 3.01. The number of nitrogens with one attached hydrogen (secondary N) is 1. The van der Waals surface area contributed by atoms with Crippen molar-refractivity contribution < 1.29 is 4.79 Å². The molecule has 2 aliphatic rings. The molecule has 0 aromatic carbocycles. The van der Waals surface area contributed by atoms with Crippen LogP contribution < -0.4 is 5.32 Å². The third kappa shape index (κ3) is 2.27. The first-order valence-electron chi connectivity index (χ1n) is 5.77. The molecule has 1 saturated heterocycles. The van der Waals surface area contributed by atoms with E-state index < -0.39 is 0 Å². The Labute approximate surface area is 85.8 Å². The van der Waals surface area contributed by atoms with Crippen LogP contribution in [-0.2, 0) is 4.79 Å². The van der Waals surface area contributed by atoms with Gasteiger partial charge >= 0.3 is 0 Å². The maximum atomic E-state index is 10.9. The van der Waals surface area contributed by atoms with Crippen molar-refractivity contribution in [2.45, 2.75) is 51.1 Å². The highest BCUT2D eigenvalue weighted by molar-refractivity contribution is 5.73. The Morgan fingerprint density at radius 2 is 2.00 bits per heavy atom. The van der Waals surface area contributed by atoms with Crippen molar-refractivity contribution >= 4 is 5.91 Å². The zero-order chi connectivity index (χ0) is 9.97. The summed E-state index contributed by atoms with van der Waals surface area (Å²) >= 11 is 0. The number of hydrogen-bond donors (Lipinski definition) is 1. The minimum absolute atomic E-state index is 0.114. The van der Waals surface area contributed by atoms with Gasteiger partial charge in [-0.15, -0.1) is 0 Å². The molecule has 1 heterocycles. The van der Waals surface area contributed by atoms with Crippen molar-refractivity contribution in [1.82, 2.24) is 10.2 Å².